The first-order valence-corrected chi connectivity index (χ1v) is 4.38. The van der Waals surface area contributed by atoms with Gasteiger partial charge in [-0.1, -0.05) is 23.4 Å². The van der Waals surface area contributed by atoms with Gasteiger partial charge in [0.05, 0.1) is 6.42 Å². The number of hydrogen-bond acceptors (Lipinski definition) is 4. The van der Waals surface area contributed by atoms with Crippen molar-refractivity contribution < 1.29 is 15.1 Å². The summed E-state index contributed by atoms with van der Waals surface area (Å²) in [5.41, 5.74) is 5.72. The number of benzene rings is 1. The minimum Gasteiger partial charge on any atom is -0.508 e. The maximum atomic E-state index is 11.4. The van der Waals surface area contributed by atoms with Gasteiger partial charge in [-0.3, -0.25) is 4.79 Å². The Hall–Kier alpha value is -2.04. The number of nitrogens with two attached hydrogens (primary N) is 1. The molecule has 1 aromatic rings. The van der Waals surface area contributed by atoms with Crippen LogP contribution in [0.2, 0.25) is 0 Å². The molecule has 0 atom stereocenters. The number of carbonyl (C=O) groups excluding carboxylic acids is 1. The Kier molecular flexibility index (Phi) is 3.68. The van der Waals surface area contributed by atoms with E-state index in [-0.39, 0.29) is 30.2 Å². The molecular formula is C10H12N2O3. The van der Waals surface area contributed by atoms with E-state index in [0.29, 0.717) is 5.56 Å². The van der Waals surface area contributed by atoms with Crippen LogP contribution in [-0.2, 0) is 11.2 Å². The highest BCUT2D eigenvalue weighted by atomic mass is 16.4. The fraction of sp³-hybridized carbons (Fsp3) is 0.200. The largest absolute Gasteiger partial charge is 0.508 e. The third-order valence-corrected chi connectivity index (χ3v) is 1.89. The summed E-state index contributed by atoms with van der Waals surface area (Å²) in [4.78, 5) is 11.4. The van der Waals surface area contributed by atoms with Crippen LogP contribution in [0.1, 0.15) is 12.0 Å². The van der Waals surface area contributed by atoms with Crippen molar-refractivity contribution in [1.29, 1.82) is 0 Å². The van der Waals surface area contributed by atoms with Crippen LogP contribution in [-0.4, -0.2) is 21.9 Å². The average Bonchev–Trinajstić information content (AvgIpc) is 2.21. The summed E-state index contributed by atoms with van der Waals surface area (Å²) in [7, 11) is 0. The lowest BCUT2D eigenvalue weighted by molar-refractivity contribution is -0.117. The number of carbonyl (C=O) groups is 1. The Morgan fingerprint density at radius 3 is 2.67 bits per heavy atom. The van der Waals surface area contributed by atoms with Crippen molar-refractivity contribution in [3.63, 3.8) is 0 Å². The second kappa shape index (κ2) is 4.99. The van der Waals surface area contributed by atoms with Crippen molar-refractivity contribution in [3.05, 3.63) is 29.8 Å². The van der Waals surface area contributed by atoms with E-state index in [2.05, 4.69) is 5.16 Å². The first kappa shape index (κ1) is 11.0. The molecule has 4 N–H and O–H groups in total. The molecule has 0 aliphatic carbocycles. The smallest absolute Gasteiger partial charge is 0.146 e. The summed E-state index contributed by atoms with van der Waals surface area (Å²) in [6.45, 7) is 0. The van der Waals surface area contributed by atoms with E-state index in [4.69, 9.17) is 10.9 Å². The first-order chi connectivity index (χ1) is 7.13. The standard InChI is InChI=1S/C10H12N2O3/c11-10(12-15)6-8(13)5-7-3-1-2-4-9(7)14/h1-4,14-15H,5-6H2,(H2,11,12). The SMILES string of the molecule is N/C(CC(=O)Cc1ccccc1O)=N\O. The van der Waals surface area contributed by atoms with Crippen molar-refractivity contribution in [2.24, 2.45) is 10.9 Å². The van der Waals surface area contributed by atoms with E-state index in [9.17, 15) is 9.90 Å². The highest BCUT2D eigenvalue weighted by Gasteiger charge is 2.08. The molecule has 80 valence electrons. The normalized spacial score (nSPS) is 11.3. The number of rotatable bonds is 4. The van der Waals surface area contributed by atoms with Crippen LogP contribution in [0.15, 0.2) is 29.4 Å². The lowest BCUT2D eigenvalue weighted by Crippen LogP contribution is -2.18. The molecule has 0 fully saturated rings. The molecule has 0 aliphatic heterocycles. The van der Waals surface area contributed by atoms with Gasteiger partial charge in [-0.25, -0.2) is 0 Å². The third-order valence-electron chi connectivity index (χ3n) is 1.89. The van der Waals surface area contributed by atoms with Gasteiger partial charge < -0.3 is 16.0 Å². The van der Waals surface area contributed by atoms with Gasteiger partial charge in [0, 0.05) is 12.0 Å². The Bertz CT molecular complexity index is 388. The number of ketones is 1. The van der Waals surface area contributed by atoms with E-state index in [1.165, 1.54) is 6.07 Å². The average molecular weight is 208 g/mol. The molecule has 0 heterocycles. The van der Waals surface area contributed by atoms with Crippen molar-refractivity contribution in [2.45, 2.75) is 12.8 Å². The number of para-hydroxylation sites is 1. The lowest BCUT2D eigenvalue weighted by atomic mass is 10.1. The highest BCUT2D eigenvalue weighted by Crippen LogP contribution is 2.16. The van der Waals surface area contributed by atoms with Gasteiger partial charge in [-0.15, -0.1) is 0 Å². The van der Waals surface area contributed by atoms with Crippen LogP contribution in [0, 0.1) is 0 Å². The number of hydrogen-bond donors (Lipinski definition) is 3. The van der Waals surface area contributed by atoms with Crippen LogP contribution >= 0.6 is 0 Å². The molecule has 0 radical (unpaired) electrons. The molecule has 1 aromatic carbocycles. The summed E-state index contributed by atoms with van der Waals surface area (Å²) in [5, 5.41) is 20.4. The maximum Gasteiger partial charge on any atom is 0.146 e. The Labute approximate surface area is 86.8 Å². The summed E-state index contributed by atoms with van der Waals surface area (Å²) in [6.07, 6.45) is -0.0479. The molecule has 5 nitrogen and oxygen atoms in total. The molecule has 0 bridgehead atoms. The minimum absolute atomic E-state index is 0.0723. The van der Waals surface area contributed by atoms with Gasteiger partial charge >= 0.3 is 0 Å². The van der Waals surface area contributed by atoms with Gasteiger partial charge in [-0.05, 0) is 6.07 Å². The topological polar surface area (TPSA) is 95.9 Å². The number of Topliss-reactive ketones (excluding diaryl/α,β-unsaturated/α-hetero) is 1. The Balaban J connectivity index is 2.63. The van der Waals surface area contributed by atoms with Crippen molar-refractivity contribution in [3.8, 4) is 5.75 Å². The number of amidine groups is 1. The maximum absolute atomic E-state index is 11.4. The van der Waals surface area contributed by atoms with Crippen molar-refractivity contribution in [2.75, 3.05) is 0 Å². The minimum atomic E-state index is -0.216. The van der Waals surface area contributed by atoms with Crippen LogP contribution in [0.3, 0.4) is 0 Å². The summed E-state index contributed by atoms with van der Waals surface area (Å²) >= 11 is 0. The quantitative estimate of drug-likeness (QED) is 0.293. The predicted molar refractivity (Wildman–Crippen MR) is 54.8 cm³/mol. The van der Waals surface area contributed by atoms with E-state index in [1.807, 2.05) is 0 Å². The van der Waals surface area contributed by atoms with Crippen LogP contribution in [0.4, 0.5) is 0 Å². The predicted octanol–water partition coefficient (Wildman–Crippen LogP) is 0.640. The van der Waals surface area contributed by atoms with Crippen molar-refractivity contribution in [1.82, 2.24) is 0 Å². The monoisotopic (exact) mass is 208 g/mol. The van der Waals surface area contributed by atoms with E-state index in [0.717, 1.165) is 0 Å². The first-order valence-electron chi connectivity index (χ1n) is 4.38. The lowest BCUT2D eigenvalue weighted by Gasteiger charge is -2.02. The van der Waals surface area contributed by atoms with Crippen LogP contribution in [0.5, 0.6) is 5.75 Å². The molecule has 0 amide bonds. The molecule has 0 saturated carbocycles. The summed E-state index contributed by atoms with van der Waals surface area (Å²) < 4.78 is 0. The van der Waals surface area contributed by atoms with Gasteiger partial charge in [0.1, 0.15) is 17.4 Å². The molecule has 0 saturated heterocycles. The van der Waals surface area contributed by atoms with Gasteiger partial charge in [-0.2, -0.15) is 0 Å². The number of nitrogens with zero attached hydrogens (tertiary/aromatic N) is 1. The van der Waals surface area contributed by atoms with Gasteiger partial charge in [0.25, 0.3) is 0 Å². The summed E-state index contributed by atoms with van der Waals surface area (Å²) in [6, 6.07) is 6.56. The number of oxime groups is 1. The van der Waals surface area contributed by atoms with Gasteiger partial charge in [0.2, 0.25) is 0 Å². The third kappa shape index (κ3) is 3.30. The fourth-order valence-corrected chi connectivity index (χ4v) is 1.17. The molecular weight excluding hydrogens is 196 g/mol. The number of phenols is 1. The zero-order valence-corrected chi connectivity index (χ0v) is 8.05. The molecule has 0 aromatic heterocycles. The number of phenolic OH excluding ortho intramolecular Hbond substituents is 1. The summed E-state index contributed by atoms with van der Waals surface area (Å²) in [5.74, 6) is -0.271. The van der Waals surface area contributed by atoms with Crippen molar-refractivity contribution >= 4 is 11.6 Å². The Morgan fingerprint density at radius 2 is 2.07 bits per heavy atom. The van der Waals surface area contributed by atoms with E-state index >= 15 is 0 Å². The second-order valence-electron chi connectivity index (χ2n) is 3.11. The molecule has 15 heavy (non-hydrogen) atoms. The van der Waals surface area contributed by atoms with Gasteiger partial charge in [0.15, 0.2) is 0 Å². The zero-order chi connectivity index (χ0) is 11.3. The Morgan fingerprint density at radius 1 is 1.40 bits per heavy atom. The molecule has 0 spiro atoms. The molecule has 1 rings (SSSR count). The molecule has 0 aliphatic rings. The fourth-order valence-electron chi connectivity index (χ4n) is 1.17. The van der Waals surface area contributed by atoms with E-state index < -0.39 is 0 Å². The van der Waals surface area contributed by atoms with Crippen LogP contribution in [0.25, 0.3) is 0 Å². The molecule has 0 unspecified atom stereocenters. The molecule has 5 heteroatoms. The second-order valence-corrected chi connectivity index (χ2v) is 3.11. The zero-order valence-electron chi connectivity index (χ0n) is 8.05. The van der Waals surface area contributed by atoms with Crippen LogP contribution < -0.4 is 5.73 Å². The highest BCUT2D eigenvalue weighted by molar-refractivity contribution is 6.00. The number of aromatic hydroxyl groups is 1. The van der Waals surface area contributed by atoms with E-state index in [1.54, 1.807) is 18.2 Å².